The van der Waals surface area contributed by atoms with E-state index in [4.69, 9.17) is 4.74 Å². The van der Waals surface area contributed by atoms with E-state index in [-0.39, 0.29) is 17.7 Å². The molecule has 1 N–H and O–H groups in total. The van der Waals surface area contributed by atoms with Crippen molar-refractivity contribution in [1.82, 2.24) is 15.1 Å². The molecule has 0 aromatic heterocycles. The van der Waals surface area contributed by atoms with Crippen molar-refractivity contribution in [2.24, 2.45) is 0 Å². The molecule has 0 saturated carbocycles. The predicted octanol–water partition coefficient (Wildman–Crippen LogP) is 3.67. The monoisotopic (exact) mass is 393 g/mol. The van der Waals surface area contributed by atoms with Crippen molar-refractivity contribution in [3.63, 3.8) is 0 Å². The lowest BCUT2D eigenvalue weighted by Crippen LogP contribution is -2.76. The molecule has 2 aliphatic rings. The third-order valence-electron chi connectivity index (χ3n) is 5.63. The summed E-state index contributed by atoms with van der Waals surface area (Å²) in [6, 6.07) is 21.5. The molecule has 0 bridgehead atoms. The van der Waals surface area contributed by atoms with Gasteiger partial charge in [0, 0.05) is 32.7 Å². The fourth-order valence-corrected chi connectivity index (χ4v) is 4.45. The third kappa shape index (κ3) is 4.46. The van der Waals surface area contributed by atoms with Crippen LogP contribution in [0, 0.1) is 0 Å². The molecule has 2 fully saturated rings. The number of likely N-dealkylation sites (tertiary alicyclic amines) is 1. The van der Waals surface area contributed by atoms with Gasteiger partial charge in [-0.25, -0.2) is 4.79 Å². The van der Waals surface area contributed by atoms with E-state index in [2.05, 4.69) is 70.9 Å². The van der Waals surface area contributed by atoms with Crippen LogP contribution in [0.2, 0.25) is 0 Å². The highest BCUT2D eigenvalue weighted by Crippen LogP contribution is 2.37. The van der Waals surface area contributed by atoms with Gasteiger partial charge in [0.1, 0.15) is 5.60 Å². The minimum Gasteiger partial charge on any atom is -0.444 e. The summed E-state index contributed by atoms with van der Waals surface area (Å²) in [7, 11) is 0. The first-order valence-corrected chi connectivity index (χ1v) is 10.4. The molecule has 2 aromatic rings. The van der Waals surface area contributed by atoms with Crippen LogP contribution in [0.1, 0.15) is 37.9 Å². The molecule has 0 atom stereocenters. The molecule has 154 valence electrons. The molecule has 0 aliphatic carbocycles. The summed E-state index contributed by atoms with van der Waals surface area (Å²) in [4.78, 5) is 16.9. The van der Waals surface area contributed by atoms with Crippen molar-refractivity contribution >= 4 is 6.09 Å². The second-order valence-electron chi connectivity index (χ2n) is 9.24. The number of piperazine rings is 1. The van der Waals surface area contributed by atoms with Crippen molar-refractivity contribution in [3.05, 3.63) is 71.8 Å². The maximum atomic E-state index is 12.6. The molecule has 2 saturated heterocycles. The van der Waals surface area contributed by atoms with Gasteiger partial charge >= 0.3 is 6.09 Å². The summed E-state index contributed by atoms with van der Waals surface area (Å²) in [6.07, 6.45) is -0.209. The first-order chi connectivity index (χ1) is 13.9. The second-order valence-corrected chi connectivity index (χ2v) is 9.24. The van der Waals surface area contributed by atoms with Gasteiger partial charge in [-0.1, -0.05) is 60.7 Å². The largest absolute Gasteiger partial charge is 0.444 e. The Morgan fingerprint density at radius 2 is 1.52 bits per heavy atom. The van der Waals surface area contributed by atoms with Crippen LogP contribution >= 0.6 is 0 Å². The average Bonchev–Trinajstić information content (AvgIpc) is 2.68. The Balaban J connectivity index is 1.48. The van der Waals surface area contributed by atoms with Gasteiger partial charge in [-0.05, 0) is 31.9 Å². The van der Waals surface area contributed by atoms with Gasteiger partial charge in [0.15, 0.2) is 0 Å². The van der Waals surface area contributed by atoms with E-state index in [1.54, 1.807) is 0 Å². The van der Waals surface area contributed by atoms with Crippen molar-refractivity contribution in [2.45, 2.75) is 38.0 Å². The van der Waals surface area contributed by atoms with Crippen LogP contribution in [0.25, 0.3) is 0 Å². The minimum absolute atomic E-state index is 0.0586. The summed E-state index contributed by atoms with van der Waals surface area (Å²) in [5, 5.41) is 3.68. The number of rotatable bonds is 3. The summed E-state index contributed by atoms with van der Waals surface area (Å²) in [6.45, 7) is 9.73. The number of amides is 1. The summed E-state index contributed by atoms with van der Waals surface area (Å²) >= 11 is 0. The standard InChI is InChI=1S/C24H31N3O2/c1-23(2,3)29-22(28)26-15-14-25-24(16-26)17-27(18-24)21(19-10-6-4-7-11-19)20-12-8-5-9-13-20/h4-13,21,25H,14-18H2,1-3H3. The molecule has 29 heavy (non-hydrogen) atoms. The molecule has 4 rings (SSSR count). The highest BCUT2D eigenvalue weighted by atomic mass is 16.6. The van der Waals surface area contributed by atoms with E-state index in [9.17, 15) is 4.79 Å². The lowest BCUT2D eigenvalue weighted by atomic mass is 9.83. The summed E-state index contributed by atoms with van der Waals surface area (Å²) < 4.78 is 5.60. The van der Waals surface area contributed by atoms with Crippen molar-refractivity contribution in [3.8, 4) is 0 Å². The number of hydrogen-bond acceptors (Lipinski definition) is 4. The SMILES string of the molecule is CC(C)(C)OC(=O)N1CCNC2(C1)CN(C(c1ccccc1)c1ccccc1)C2. The van der Waals surface area contributed by atoms with Crippen molar-refractivity contribution in [2.75, 3.05) is 32.7 Å². The number of nitrogens with one attached hydrogen (secondary N) is 1. The zero-order valence-corrected chi connectivity index (χ0v) is 17.6. The van der Waals surface area contributed by atoms with E-state index in [1.807, 2.05) is 25.7 Å². The minimum atomic E-state index is -0.466. The first kappa shape index (κ1) is 19.9. The molecule has 2 aromatic carbocycles. The molecule has 0 radical (unpaired) electrons. The predicted molar refractivity (Wildman–Crippen MR) is 115 cm³/mol. The fourth-order valence-electron chi connectivity index (χ4n) is 4.45. The topological polar surface area (TPSA) is 44.8 Å². The summed E-state index contributed by atoms with van der Waals surface area (Å²) in [5.41, 5.74) is 2.07. The number of ether oxygens (including phenoxy) is 1. The Kier molecular flexibility index (Phi) is 5.36. The molecule has 1 amide bonds. The van der Waals surface area contributed by atoms with Crippen LogP contribution in [-0.4, -0.2) is 59.8 Å². The van der Waals surface area contributed by atoms with Crippen LogP contribution in [-0.2, 0) is 4.74 Å². The van der Waals surface area contributed by atoms with Gasteiger partial charge in [-0.2, -0.15) is 0 Å². The maximum absolute atomic E-state index is 12.6. The molecular formula is C24H31N3O2. The van der Waals surface area contributed by atoms with Gasteiger partial charge in [-0.15, -0.1) is 0 Å². The van der Waals surface area contributed by atoms with Crippen molar-refractivity contribution < 1.29 is 9.53 Å². The number of nitrogens with zero attached hydrogens (tertiary/aromatic N) is 2. The van der Waals surface area contributed by atoms with E-state index < -0.39 is 5.60 Å². The molecule has 1 spiro atoms. The van der Waals surface area contributed by atoms with Crippen molar-refractivity contribution in [1.29, 1.82) is 0 Å². The van der Waals surface area contributed by atoms with Gasteiger partial charge in [0.2, 0.25) is 0 Å². The van der Waals surface area contributed by atoms with Gasteiger partial charge in [0.05, 0.1) is 11.6 Å². The molecule has 5 heteroatoms. The highest BCUT2D eigenvalue weighted by molar-refractivity contribution is 5.68. The van der Waals surface area contributed by atoms with E-state index in [0.29, 0.717) is 13.1 Å². The van der Waals surface area contributed by atoms with Crippen LogP contribution < -0.4 is 5.32 Å². The quantitative estimate of drug-likeness (QED) is 0.864. The zero-order valence-electron chi connectivity index (χ0n) is 17.6. The lowest BCUT2D eigenvalue weighted by Gasteiger charge is -2.57. The average molecular weight is 394 g/mol. The second kappa shape index (κ2) is 7.81. The smallest absolute Gasteiger partial charge is 0.410 e. The molecule has 0 unspecified atom stereocenters. The normalized spacial score (nSPS) is 19.2. The van der Waals surface area contributed by atoms with E-state index in [1.165, 1.54) is 11.1 Å². The Morgan fingerprint density at radius 3 is 2.03 bits per heavy atom. The number of hydrogen-bond donors (Lipinski definition) is 1. The Morgan fingerprint density at radius 1 is 0.966 bits per heavy atom. The zero-order chi connectivity index (χ0) is 20.5. The Labute approximate surface area is 173 Å². The number of benzene rings is 2. The number of carbonyl (C=O) groups excluding carboxylic acids is 1. The molecule has 2 aliphatic heterocycles. The van der Waals surface area contributed by atoms with Gasteiger partial charge in [0.25, 0.3) is 0 Å². The Hall–Kier alpha value is -2.37. The summed E-state index contributed by atoms with van der Waals surface area (Å²) in [5.74, 6) is 0. The van der Waals surface area contributed by atoms with Crippen LogP contribution in [0.5, 0.6) is 0 Å². The third-order valence-corrected chi connectivity index (χ3v) is 5.63. The van der Waals surface area contributed by atoms with Crippen LogP contribution in [0.15, 0.2) is 60.7 Å². The van der Waals surface area contributed by atoms with Crippen LogP contribution in [0.4, 0.5) is 4.79 Å². The van der Waals surface area contributed by atoms with E-state index >= 15 is 0 Å². The molecule has 5 nitrogen and oxygen atoms in total. The fraction of sp³-hybridized carbons (Fsp3) is 0.458. The highest BCUT2D eigenvalue weighted by Gasteiger charge is 2.49. The van der Waals surface area contributed by atoms with Gasteiger partial charge in [-0.3, -0.25) is 4.90 Å². The maximum Gasteiger partial charge on any atom is 0.410 e. The van der Waals surface area contributed by atoms with Crippen LogP contribution in [0.3, 0.4) is 0 Å². The van der Waals surface area contributed by atoms with E-state index in [0.717, 1.165) is 19.6 Å². The molecule has 2 heterocycles. The van der Waals surface area contributed by atoms with Gasteiger partial charge < -0.3 is 15.0 Å². The Bertz CT molecular complexity index is 787. The lowest BCUT2D eigenvalue weighted by molar-refractivity contribution is -0.0358. The molecular weight excluding hydrogens is 362 g/mol. The first-order valence-electron chi connectivity index (χ1n) is 10.4. The number of carbonyl (C=O) groups is 1.